The van der Waals surface area contributed by atoms with Crippen LogP contribution < -0.4 is 15.5 Å². The lowest BCUT2D eigenvalue weighted by Gasteiger charge is -2.22. The van der Waals surface area contributed by atoms with Crippen molar-refractivity contribution in [1.29, 1.82) is 0 Å². The quantitative estimate of drug-likeness (QED) is 0.445. The second-order valence-electron chi connectivity index (χ2n) is 7.03. The maximum atomic E-state index is 13.3. The number of benzene rings is 3. The lowest BCUT2D eigenvalue weighted by Crippen LogP contribution is -2.47. The van der Waals surface area contributed by atoms with Crippen molar-refractivity contribution >= 4 is 75.1 Å². The molecule has 5 nitrogen and oxygen atoms in total. The lowest BCUT2D eigenvalue weighted by molar-refractivity contribution is -0.119. The summed E-state index contributed by atoms with van der Waals surface area (Å²) < 4.78 is 0. The van der Waals surface area contributed by atoms with E-state index >= 15 is 0 Å². The predicted octanol–water partition coefficient (Wildman–Crippen LogP) is 5.77. The van der Waals surface area contributed by atoms with Crippen LogP contribution in [0.3, 0.4) is 0 Å². The molecule has 0 aromatic heterocycles. The normalized spacial score (nSPS) is 15.5. The molecule has 1 heterocycles. The number of carbonyl (C=O) groups excluding carboxylic acids is 1. The van der Waals surface area contributed by atoms with E-state index in [1.807, 2.05) is 24.3 Å². The second kappa shape index (κ2) is 9.46. The van der Waals surface area contributed by atoms with Crippen LogP contribution in [-0.2, 0) is 4.79 Å². The van der Waals surface area contributed by atoms with Gasteiger partial charge in [0.25, 0.3) is 5.91 Å². The van der Waals surface area contributed by atoms with Gasteiger partial charge in [-0.1, -0.05) is 59.1 Å². The van der Waals surface area contributed by atoms with Crippen LogP contribution in [0.1, 0.15) is 11.1 Å². The van der Waals surface area contributed by atoms with E-state index in [2.05, 4.69) is 10.6 Å². The molecule has 2 N–H and O–H groups in total. The lowest BCUT2D eigenvalue weighted by atomic mass is 10.00. The van der Waals surface area contributed by atoms with Gasteiger partial charge >= 0.3 is 0 Å². The monoisotopic (exact) mass is 502 g/mol. The molecule has 4 rings (SSSR count). The third-order valence-corrected chi connectivity index (χ3v) is 5.90. The number of aliphatic imine (C=N–C) groups is 1. The number of nitrogens with zero attached hydrogens (tertiary/aromatic N) is 2. The minimum Gasteiger partial charge on any atom is -0.333 e. The summed E-state index contributed by atoms with van der Waals surface area (Å²) in [6, 6.07) is 19.7. The average molecular weight is 504 g/mol. The molecule has 1 atom stereocenters. The number of likely N-dealkylation sites (N-methyl/N-ethyl adjacent to an activating group) is 1. The summed E-state index contributed by atoms with van der Waals surface area (Å²) >= 11 is 24.2. The van der Waals surface area contributed by atoms with Crippen molar-refractivity contribution in [2.24, 2.45) is 4.99 Å². The molecule has 1 amide bonds. The fourth-order valence-electron chi connectivity index (χ4n) is 3.37. The fraction of sp³-hybridized carbons (Fsp3) is 0.0870. The Kier molecular flexibility index (Phi) is 6.67. The molecule has 162 valence electrons. The summed E-state index contributed by atoms with van der Waals surface area (Å²) in [5, 5.41) is 7.85. The van der Waals surface area contributed by atoms with Crippen LogP contribution in [0.25, 0.3) is 0 Å². The SMILES string of the molecule is CN1C(=O)C(NC(=S)Nc2cccc(Cl)c2)N=C(c2ccccc2Cl)c2cc(Cl)ccc21. The van der Waals surface area contributed by atoms with E-state index in [0.29, 0.717) is 43.3 Å². The number of benzodiazepines with no additional fused rings is 1. The topological polar surface area (TPSA) is 56.7 Å². The Labute approximate surface area is 206 Å². The van der Waals surface area contributed by atoms with Gasteiger partial charge in [0, 0.05) is 38.9 Å². The molecule has 3 aromatic carbocycles. The van der Waals surface area contributed by atoms with E-state index < -0.39 is 6.17 Å². The summed E-state index contributed by atoms with van der Waals surface area (Å²) in [5.74, 6) is -0.286. The van der Waals surface area contributed by atoms with Gasteiger partial charge in [0.05, 0.1) is 11.4 Å². The molecule has 0 saturated carbocycles. The van der Waals surface area contributed by atoms with Gasteiger partial charge in [0.15, 0.2) is 5.11 Å². The van der Waals surface area contributed by atoms with Crippen LogP contribution >= 0.6 is 47.0 Å². The van der Waals surface area contributed by atoms with E-state index in [4.69, 9.17) is 52.0 Å². The largest absolute Gasteiger partial charge is 0.333 e. The minimum atomic E-state index is -0.989. The summed E-state index contributed by atoms with van der Waals surface area (Å²) in [6.07, 6.45) is -0.989. The molecule has 1 unspecified atom stereocenters. The van der Waals surface area contributed by atoms with Crippen LogP contribution in [0.4, 0.5) is 11.4 Å². The fourth-order valence-corrected chi connectivity index (χ4v) is 4.18. The maximum absolute atomic E-state index is 13.3. The highest BCUT2D eigenvalue weighted by atomic mass is 35.5. The van der Waals surface area contributed by atoms with Gasteiger partial charge in [-0.25, -0.2) is 4.99 Å². The first-order chi connectivity index (χ1) is 15.3. The number of anilines is 2. The standard InChI is InChI=1S/C23H17Cl3N4OS/c1-30-19-10-9-14(25)12-17(19)20(16-7-2-3-8-18(16)26)28-21(22(30)31)29-23(32)27-15-6-4-5-13(24)11-15/h2-12,21H,1H3,(H2,27,29,32). The van der Waals surface area contributed by atoms with Crippen LogP contribution in [0.5, 0.6) is 0 Å². The van der Waals surface area contributed by atoms with Crippen molar-refractivity contribution in [3.63, 3.8) is 0 Å². The highest BCUT2D eigenvalue weighted by Crippen LogP contribution is 2.31. The predicted molar refractivity (Wildman–Crippen MR) is 137 cm³/mol. The van der Waals surface area contributed by atoms with Crippen LogP contribution in [0, 0.1) is 0 Å². The summed E-state index contributed by atoms with van der Waals surface area (Å²) in [7, 11) is 1.68. The molecule has 0 saturated heterocycles. The van der Waals surface area contributed by atoms with Gasteiger partial charge < -0.3 is 15.5 Å². The Morgan fingerprint density at radius 1 is 0.969 bits per heavy atom. The molecule has 0 aliphatic carbocycles. The number of halogens is 3. The molecular formula is C23H17Cl3N4OS. The molecule has 0 bridgehead atoms. The molecule has 3 aromatic rings. The number of rotatable bonds is 3. The molecular weight excluding hydrogens is 487 g/mol. The minimum absolute atomic E-state index is 0.227. The first kappa shape index (κ1) is 22.6. The van der Waals surface area contributed by atoms with Gasteiger partial charge in [0.2, 0.25) is 6.17 Å². The third kappa shape index (κ3) is 4.74. The van der Waals surface area contributed by atoms with Crippen molar-refractivity contribution in [2.45, 2.75) is 6.17 Å². The summed E-state index contributed by atoms with van der Waals surface area (Å²) in [5.41, 5.74) is 3.26. The van der Waals surface area contributed by atoms with Gasteiger partial charge in [-0.3, -0.25) is 4.79 Å². The van der Waals surface area contributed by atoms with E-state index in [0.717, 1.165) is 0 Å². The van der Waals surface area contributed by atoms with Crippen molar-refractivity contribution in [3.05, 3.63) is 92.9 Å². The number of hydrogen-bond donors (Lipinski definition) is 2. The van der Waals surface area contributed by atoms with Crippen LogP contribution in [0.2, 0.25) is 15.1 Å². The first-order valence-corrected chi connectivity index (χ1v) is 11.1. The number of thiocarbonyl (C=S) groups is 1. The van der Waals surface area contributed by atoms with Crippen LogP contribution in [-0.4, -0.2) is 29.9 Å². The second-order valence-corrected chi connectivity index (χ2v) is 8.72. The number of amides is 1. The van der Waals surface area contributed by atoms with Gasteiger partial charge in [-0.05, 0) is 54.7 Å². The summed E-state index contributed by atoms with van der Waals surface area (Å²) in [4.78, 5) is 19.5. The van der Waals surface area contributed by atoms with Gasteiger partial charge in [0.1, 0.15) is 0 Å². The highest BCUT2D eigenvalue weighted by molar-refractivity contribution is 7.80. The highest BCUT2D eigenvalue weighted by Gasteiger charge is 2.31. The molecule has 32 heavy (non-hydrogen) atoms. The number of nitrogens with one attached hydrogen (secondary N) is 2. The zero-order valence-corrected chi connectivity index (χ0v) is 19.9. The molecule has 1 aliphatic heterocycles. The zero-order chi connectivity index (χ0) is 22.8. The van der Waals surface area contributed by atoms with Crippen molar-refractivity contribution in [1.82, 2.24) is 5.32 Å². The van der Waals surface area contributed by atoms with Crippen LogP contribution in [0.15, 0.2) is 71.7 Å². The number of fused-ring (bicyclic) bond motifs is 1. The molecule has 0 fully saturated rings. The average Bonchev–Trinajstić information content (AvgIpc) is 2.84. The Hall–Kier alpha value is -2.64. The van der Waals surface area contributed by atoms with Crippen molar-refractivity contribution < 1.29 is 4.79 Å². The Morgan fingerprint density at radius 3 is 2.47 bits per heavy atom. The Morgan fingerprint density at radius 2 is 1.72 bits per heavy atom. The summed E-state index contributed by atoms with van der Waals surface area (Å²) in [6.45, 7) is 0. The number of hydrogen-bond acceptors (Lipinski definition) is 3. The van der Waals surface area contributed by atoms with Gasteiger partial charge in [-0.2, -0.15) is 0 Å². The number of carbonyl (C=O) groups is 1. The van der Waals surface area contributed by atoms with Gasteiger partial charge in [-0.15, -0.1) is 0 Å². The zero-order valence-electron chi connectivity index (χ0n) is 16.8. The van der Waals surface area contributed by atoms with E-state index in [-0.39, 0.29) is 11.0 Å². The van der Waals surface area contributed by atoms with Crippen molar-refractivity contribution in [2.75, 3.05) is 17.3 Å². The molecule has 1 aliphatic rings. The van der Waals surface area contributed by atoms with E-state index in [1.165, 1.54) is 4.90 Å². The first-order valence-electron chi connectivity index (χ1n) is 9.57. The third-order valence-electron chi connectivity index (χ3n) is 4.88. The molecule has 9 heteroatoms. The smallest absolute Gasteiger partial charge is 0.272 e. The molecule has 0 spiro atoms. The van der Waals surface area contributed by atoms with E-state index in [1.54, 1.807) is 49.5 Å². The Bertz CT molecular complexity index is 1250. The molecule has 0 radical (unpaired) electrons. The van der Waals surface area contributed by atoms with Crippen molar-refractivity contribution in [3.8, 4) is 0 Å². The maximum Gasteiger partial charge on any atom is 0.272 e. The van der Waals surface area contributed by atoms with E-state index in [9.17, 15) is 4.79 Å². The Balaban J connectivity index is 1.75.